The van der Waals surface area contributed by atoms with Gasteiger partial charge in [-0.15, -0.1) is 0 Å². The van der Waals surface area contributed by atoms with Crippen LogP contribution >= 0.6 is 23.2 Å². The van der Waals surface area contributed by atoms with Gasteiger partial charge in [0.15, 0.2) is 0 Å². The van der Waals surface area contributed by atoms with Gasteiger partial charge in [0, 0.05) is 35.1 Å². The minimum absolute atomic E-state index is 0.0311. The Hall–Kier alpha value is -4.25. The number of halogens is 2. The molecule has 0 aliphatic carbocycles. The third-order valence-corrected chi connectivity index (χ3v) is 9.96. The van der Waals surface area contributed by atoms with E-state index in [2.05, 4.69) is 5.32 Å². The molecule has 0 fully saturated rings. The third-order valence-electron chi connectivity index (χ3n) is 7.60. The Labute approximate surface area is 292 Å². The standard InChI is InChI=1S/C36H39Cl2N3O6S/c1-24(2)39-36(43)33(19-26-9-7-6-8-10-26)40(22-27-13-14-28(37)20-31(27)38)35(42)23-41(32-21-29(46-4)15-18-34(32)47-5)48(44,45)30-16-11-25(3)12-17-30/h6-18,20-21,24,33H,19,22-23H2,1-5H3,(H,39,43)/t33-/m0/s1. The van der Waals surface area contributed by atoms with Crippen molar-refractivity contribution in [2.45, 2.75) is 50.7 Å². The van der Waals surface area contributed by atoms with Crippen molar-refractivity contribution in [3.63, 3.8) is 0 Å². The number of ether oxygens (including phenoxy) is 2. The zero-order valence-corrected chi connectivity index (χ0v) is 29.8. The van der Waals surface area contributed by atoms with Gasteiger partial charge in [0.25, 0.3) is 10.0 Å². The maximum absolute atomic E-state index is 14.7. The Kier molecular flexibility index (Phi) is 12.4. The molecule has 0 aromatic heterocycles. The number of rotatable bonds is 14. The van der Waals surface area contributed by atoms with E-state index in [9.17, 15) is 18.0 Å². The summed E-state index contributed by atoms with van der Waals surface area (Å²) in [5, 5.41) is 3.63. The monoisotopic (exact) mass is 711 g/mol. The van der Waals surface area contributed by atoms with Crippen molar-refractivity contribution >= 4 is 50.7 Å². The minimum Gasteiger partial charge on any atom is -0.497 e. The van der Waals surface area contributed by atoms with Gasteiger partial charge in [-0.2, -0.15) is 0 Å². The number of hydrogen-bond donors (Lipinski definition) is 1. The van der Waals surface area contributed by atoms with E-state index < -0.39 is 34.4 Å². The molecule has 4 rings (SSSR count). The largest absolute Gasteiger partial charge is 0.497 e. The van der Waals surface area contributed by atoms with Gasteiger partial charge in [0.1, 0.15) is 24.1 Å². The lowest BCUT2D eigenvalue weighted by molar-refractivity contribution is -0.140. The number of benzene rings is 4. The number of methoxy groups -OCH3 is 2. The number of sulfonamides is 1. The average Bonchev–Trinajstić information content (AvgIpc) is 3.06. The lowest BCUT2D eigenvalue weighted by atomic mass is 10.0. The van der Waals surface area contributed by atoms with E-state index in [1.807, 2.05) is 51.1 Å². The molecule has 254 valence electrons. The summed E-state index contributed by atoms with van der Waals surface area (Å²) in [4.78, 5) is 29.9. The maximum atomic E-state index is 14.7. The zero-order chi connectivity index (χ0) is 35.0. The Balaban J connectivity index is 1.89. The molecular formula is C36H39Cl2N3O6S. The van der Waals surface area contributed by atoms with Crippen LogP contribution in [-0.4, -0.2) is 58.0 Å². The van der Waals surface area contributed by atoms with Crippen molar-refractivity contribution < 1.29 is 27.5 Å². The molecule has 48 heavy (non-hydrogen) atoms. The summed E-state index contributed by atoms with van der Waals surface area (Å²) in [6.45, 7) is 4.71. The first-order valence-corrected chi connectivity index (χ1v) is 17.4. The van der Waals surface area contributed by atoms with Crippen LogP contribution in [0.1, 0.15) is 30.5 Å². The Morgan fingerprint density at radius 1 is 0.875 bits per heavy atom. The van der Waals surface area contributed by atoms with Crippen molar-refractivity contribution in [2.75, 3.05) is 25.1 Å². The smallest absolute Gasteiger partial charge is 0.264 e. The Morgan fingerprint density at radius 3 is 2.17 bits per heavy atom. The number of amides is 2. The molecule has 0 bridgehead atoms. The molecule has 0 heterocycles. The number of hydrogen-bond acceptors (Lipinski definition) is 6. The van der Waals surface area contributed by atoms with Gasteiger partial charge in [-0.25, -0.2) is 8.42 Å². The second-order valence-electron chi connectivity index (χ2n) is 11.5. The van der Waals surface area contributed by atoms with E-state index in [1.165, 1.54) is 37.3 Å². The highest BCUT2D eigenvalue weighted by molar-refractivity contribution is 7.92. The summed E-state index contributed by atoms with van der Waals surface area (Å²) in [6, 6.07) is 23.9. The van der Waals surface area contributed by atoms with Gasteiger partial charge in [0.05, 0.1) is 24.8 Å². The van der Waals surface area contributed by atoms with E-state index >= 15 is 0 Å². The molecule has 0 unspecified atom stereocenters. The summed E-state index contributed by atoms with van der Waals surface area (Å²) in [5.74, 6) is -0.504. The normalized spacial score (nSPS) is 11.9. The SMILES string of the molecule is COc1ccc(OC)c(N(CC(=O)N(Cc2ccc(Cl)cc2Cl)[C@@H](Cc2ccccc2)C(=O)NC(C)C)S(=O)(=O)c2ccc(C)cc2)c1. The molecule has 4 aromatic rings. The molecule has 0 saturated heterocycles. The van der Waals surface area contributed by atoms with Gasteiger partial charge < -0.3 is 19.7 Å². The number of carbonyl (C=O) groups is 2. The van der Waals surface area contributed by atoms with Crippen LogP contribution in [0.25, 0.3) is 0 Å². The molecule has 0 aliphatic heterocycles. The number of nitrogens with zero attached hydrogens (tertiary/aromatic N) is 2. The summed E-state index contributed by atoms with van der Waals surface area (Å²) in [7, 11) is -1.50. The van der Waals surface area contributed by atoms with Crippen molar-refractivity contribution in [2.24, 2.45) is 0 Å². The quantitative estimate of drug-likeness (QED) is 0.157. The molecule has 0 saturated carbocycles. The Bertz CT molecular complexity index is 1840. The van der Waals surface area contributed by atoms with Crippen molar-refractivity contribution in [3.05, 3.63) is 118 Å². The van der Waals surface area contributed by atoms with E-state index in [0.717, 1.165) is 15.4 Å². The lowest BCUT2D eigenvalue weighted by Crippen LogP contribution is -2.54. The Morgan fingerprint density at radius 2 is 1.56 bits per heavy atom. The summed E-state index contributed by atoms with van der Waals surface area (Å²) in [5.41, 5.74) is 2.28. The summed E-state index contributed by atoms with van der Waals surface area (Å²) < 4.78 is 40.8. The van der Waals surface area contributed by atoms with Crippen molar-refractivity contribution in [3.8, 4) is 11.5 Å². The van der Waals surface area contributed by atoms with Crippen LogP contribution in [0.15, 0.2) is 95.9 Å². The van der Waals surface area contributed by atoms with E-state index in [4.69, 9.17) is 32.7 Å². The fourth-order valence-electron chi connectivity index (χ4n) is 5.11. The first-order chi connectivity index (χ1) is 22.8. The van der Waals surface area contributed by atoms with Crippen LogP contribution in [-0.2, 0) is 32.6 Å². The highest BCUT2D eigenvalue weighted by Gasteiger charge is 2.36. The summed E-state index contributed by atoms with van der Waals surface area (Å²) >= 11 is 12.8. The first kappa shape index (κ1) is 36.6. The first-order valence-electron chi connectivity index (χ1n) is 15.2. The molecule has 1 N–H and O–H groups in total. The molecule has 12 heteroatoms. The van der Waals surface area contributed by atoms with Crippen molar-refractivity contribution in [1.29, 1.82) is 0 Å². The van der Waals surface area contributed by atoms with Gasteiger partial charge in [-0.1, -0.05) is 77.3 Å². The van der Waals surface area contributed by atoms with Crippen LogP contribution in [0.5, 0.6) is 11.5 Å². The van der Waals surface area contributed by atoms with Crippen LogP contribution in [0.4, 0.5) is 5.69 Å². The second kappa shape index (κ2) is 16.2. The van der Waals surface area contributed by atoms with Crippen LogP contribution in [0.3, 0.4) is 0 Å². The second-order valence-corrected chi connectivity index (χ2v) is 14.2. The number of nitrogens with one attached hydrogen (secondary N) is 1. The topological polar surface area (TPSA) is 105 Å². The molecule has 0 spiro atoms. The summed E-state index contributed by atoms with van der Waals surface area (Å²) in [6.07, 6.45) is 0.156. The lowest BCUT2D eigenvalue weighted by Gasteiger charge is -2.34. The van der Waals surface area contributed by atoms with Gasteiger partial charge in [-0.3, -0.25) is 13.9 Å². The van der Waals surface area contributed by atoms with Crippen LogP contribution in [0, 0.1) is 6.92 Å². The predicted molar refractivity (Wildman–Crippen MR) is 189 cm³/mol. The molecular weight excluding hydrogens is 673 g/mol. The van der Waals surface area contributed by atoms with Gasteiger partial charge in [-0.05, 0) is 68.3 Å². The molecule has 0 aliphatic rings. The van der Waals surface area contributed by atoms with Crippen LogP contribution < -0.4 is 19.1 Å². The maximum Gasteiger partial charge on any atom is 0.264 e. The molecule has 1 atom stereocenters. The fourth-order valence-corrected chi connectivity index (χ4v) is 7.00. The van der Waals surface area contributed by atoms with Crippen molar-refractivity contribution in [1.82, 2.24) is 10.2 Å². The average molecular weight is 713 g/mol. The number of aryl methyl sites for hydroxylation is 1. The molecule has 4 aromatic carbocycles. The molecule has 0 radical (unpaired) electrons. The zero-order valence-electron chi connectivity index (χ0n) is 27.4. The number of anilines is 1. The van der Waals surface area contributed by atoms with Crippen LogP contribution in [0.2, 0.25) is 10.0 Å². The highest BCUT2D eigenvalue weighted by atomic mass is 35.5. The molecule has 9 nitrogen and oxygen atoms in total. The minimum atomic E-state index is -4.36. The third kappa shape index (κ3) is 9.00. The van der Waals surface area contributed by atoms with Gasteiger partial charge >= 0.3 is 0 Å². The van der Waals surface area contributed by atoms with Gasteiger partial charge in [0.2, 0.25) is 11.8 Å². The fraction of sp³-hybridized carbons (Fsp3) is 0.278. The molecule has 2 amide bonds. The van der Waals surface area contributed by atoms with E-state index in [0.29, 0.717) is 21.4 Å². The highest BCUT2D eigenvalue weighted by Crippen LogP contribution is 2.36. The number of carbonyl (C=O) groups excluding carboxylic acids is 2. The predicted octanol–water partition coefficient (Wildman–Crippen LogP) is 6.68. The van der Waals surface area contributed by atoms with E-state index in [-0.39, 0.29) is 35.3 Å². The van der Waals surface area contributed by atoms with E-state index in [1.54, 1.807) is 42.5 Å².